The number of thioether (sulfide) groups is 1. The molecule has 1 aliphatic heterocycles. The van der Waals surface area contributed by atoms with Crippen LogP contribution in [-0.4, -0.2) is 58.7 Å². The number of hydrogen-bond acceptors (Lipinski definition) is 5. The zero-order chi connectivity index (χ0) is 24.3. The summed E-state index contributed by atoms with van der Waals surface area (Å²) in [5.41, 5.74) is 1.50. The molecule has 6 nitrogen and oxygen atoms in total. The Morgan fingerprint density at radius 3 is 2.12 bits per heavy atom. The van der Waals surface area contributed by atoms with Gasteiger partial charge in [0.2, 0.25) is 0 Å². The Hall–Kier alpha value is -3.04. The van der Waals surface area contributed by atoms with Crippen molar-refractivity contribution in [2.45, 2.75) is 9.79 Å². The second-order valence-electron chi connectivity index (χ2n) is 7.93. The van der Waals surface area contributed by atoms with Gasteiger partial charge in [0, 0.05) is 43.7 Å². The monoisotopic (exact) mass is 499 g/mol. The van der Waals surface area contributed by atoms with Gasteiger partial charge in [-0.15, -0.1) is 11.8 Å². The summed E-state index contributed by atoms with van der Waals surface area (Å²) in [4.78, 5) is 17.8. The summed E-state index contributed by atoms with van der Waals surface area (Å²) >= 11 is 1.54. The molecule has 1 amide bonds. The number of sulfonamides is 1. The summed E-state index contributed by atoms with van der Waals surface area (Å²) in [5.74, 6) is -0.393. The molecule has 0 aromatic heterocycles. The first-order chi connectivity index (χ1) is 16.3. The van der Waals surface area contributed by atoms with Crippen LogP contribution >= 0.6 is 11.8 Å². The Morgan fingerprint density at radius 2 is 1.53 bits per heavy atom. The average molecular weight is 500 g/mol. The van der Waals surface area contributed by atoms with E-state index < -0.39 is 10.0 Å². The molecule has 0 N–H and O–H groups in total. The van der Waals surface area contributed by atoms with Crippen molar-refractivity contribution in [3.8, 4) is 0 Å². The number of amides is 1. The number of piperazine rings is 1. The molecule has 3 aromatic rings. The van der Waals surface area contributed by atoms with Crippen LogP contribution in [0.25, 0.3) is 0 Å². The number of hydrogen-bond donors (Lipinski definition) is 0. The minimum Gasteiger partial charge on any atom is -0.366 e. The Kier molecular flexibility index (Phi) is 7.13. The maximum Gasteiger partial charge on any atom is 0.264 e. The first kappa shape index (κ1) is 24.1. The Balaban J connectivity index is 1.42. The molecule has 0 bridgehead atoms. The molecule has 0 atom stereocenters. The lowest BCUT2D eigenvalue weighted by Crippen LogP contribution is -2.49. The van der Waals surface area contributed by atoms with E-state index in [0.29, 0.717) is 43.1 Å². The Bertz CT molecular complexity index is 1260. The summed E-state index contributed by atoms with van der Waals surface area (Å²) in [6.45, 7) is 2.05. The Labute approximate surface area is 204 Å². The van der Waals surface area contributed by atoms with Crippen molar-refractivity contribution >= 4 is 39.1 Å². The lowest BCUT2D eigenvalue weighted by Gasteiger charge is -2.36. The third kappa shape index (κ3) is 4.90. The maximum absolute atomic E-state index is 14.1. The number of rotatable bonds is 6. The van der Waals surface area contributed by atoms with Gasteiger partial charge in [-0.3, -0.25) is 9.10 Å². The molecule has 0 radical (unpaired) electrons. The van der Waals surface area contributed by atoms with Gasteiger partial charge >= 0.3 is 0 Å². The number of benzene rings is 3. The van der Waals surface area contributed by atoms with Gasteiger partial charge in [-0.25, -0.2) is 12.8 Å². The molecule has 9 heteroatoms. The zero-order valence-electron chi connectivity index (χ0n) is 19.0. The third-order valence-corrected chi connectivity index (χ3v) is 8.50. The van der Waals surface area contributed by atoms with Gasteiger partial charge in [0.25, 0.3) is 15.9 Å². The summed E-state index contributed by atoms with van der Waals surface area (Å²) in [6.07, 6.45) is 1.93. The van der Waals surface area contributed by atoms with E-state index in [4.69, 9.17) is 0 Å². The molecule has 1 saturated heterocycles. The van der Waals surface area contributed by atoms with Crippen LogP contribution in [0, 0.1) is 5.82 Å². The van der Waals surface area contributed by atoms with E-state index in [-0.39, 0.29) is 16.6 Å². The van der Waals surface area contributed by atoms with Crippen LogP contribution in [0.15, 0.2) is 82.6 Å². The minimum atomic E-state index is -3.71. The van der Waals surface area contributed by atoms with E-state index in [1.165, 1.54) is 17.4 Å². The van der Waals surface area contributed by atoms with Gasteiger partial charge < -0.3 is 9.80 Å². The highest BCUT2D eigenvalue weighted by molar-refractivity contribution is 7.98. The van der Waals surface area contributed by atoms with Crippen LogP contribution in [0.2, 0.25) is 0 Å². The van der Waals surface area contributed by atoms with Crippen LogP contribution < -0.4 is 9.21 Å². The lowest BCUT2D eigenvalue weighted by molar-refractivity contribution is 0.0746. The normalized spacial score (nSPS) is 14.2. The number of carbonyl (C=O) groups is 1. The standard InChI is InChI=1S/C25H26FN3O3S2/c1-27(34(31,32)22-13-11-21(33-2)12-14-22)20-9-7-19(8-10-20)25(30)29-17-15-28(16-18-29)24-6-4-3-5-23(24)26/h3-14H,15-18H2,1-2H3. The Morgan fingerprint density at radius 1 is 0.912 bits per heavy atom. The SMILES string of the molecule is CSc1ccc(S(=O)(=O)N(C)c2ccc(C(=O)N3CCN(c4ccccc4F)CC3)cc2)cc1. The number of nitrogens with zero attached hydrogens (tertiary/aromatic N) is 3. The number of halogens is 1. The van der Waals surface area contributed by atoms with Gasteiger partial charge in [0.1, 0.15) is 5.82 Å². The van der Waals surface area contributed by atoms with Crippen molar-refractivity contribution < 1.29 is 17.6 Å². The highest BCUT2D eigenvalue weighted by Crippen LogP contribution is 2.25. The van der Waals surface area contributed by atoms with Crippen molar-refractivity contribution in [1.82, 2.24) is 4.90 Å². The van der Waals surface area contributed by atoms with Crippen LogP contribution in [0.1, 0.15) is 10.4 Å². The van der Waals surface area contributed by atoms with Crippen LogP contribution in [0.5, 0.6) is 0 Å². The van der Waals surface area contributed by atoms with Gasteiger partial charge in [-0.1, -0.05) is 12.1 Å². The fraction of sp³-hybridized carbons (Fsp3) is 0.240. The third-order valence-electron chi connectivity index (χ3n) is 5.96. The van der Waals surface area contributed by atoms with E-state index in [0.717, 1.165) is 4.90 Å². The van der Waals surface area contributed by atoms with Crippen molar-refractivity contribution in [3.63, 3.8) is 0 Å². The average Bonchev–Trinajstić information content (AvgIpc) is 2.88. The first-order valence-electron chi connectivity index (χ1n) is 10.8. The molecule has 0 unspecified atom stereocenters. The van der Waals surface area contributed by atoms with Crippen molar-refractivity contribution in [2.24, 2.45) is 0 Å². The summed E-state index contributed by atoms with van der Waals surface area (Å²) in [5, 5.41) is 0. The van der Waals surface area contributed by atoms with E-state index in [1.807, 2.05) is 11.2 Å². The molecular formula is C25H26FN3O3S2. The topological polar surface area (TPSA) is 60.9 Å². The second kappa shape index (κ2) is 10.1. The minimum absolute atomic E-state index is 0.127. The molecule has 1 heterocycles. The fourth-order valence-corrected chi connectivity index (χ4v) is 5.50. The molecule has 0 aliphatic carbocycles. The fourth-order valence-electron chi connectivity index (χ4n) is 3.90. The lowest BCUT2D eigenvalue weighted by atomic mass is 10.1. The molecule has 0 saturated carbocycles. The largest absolute Gasteiger partial charge is 0.366 e. The summed E-state index contributed by atoms with van der Waals surface area (Å²) < 4.78 is 41.2. The van der Waals surface area contributed by atoms with Crippen LogP contribution in [0.4, 0.5) is 15.8 Å². The first-order valence-corrected chi connectivity index (χ1v) is 13.5. The highest BCUT2D eigenvalue weighted by atomic mass is 32.2. The molecule has 1 aliphatic rings. The summed E-state index contributed by atoms with van der Waals surface area (Å²) in [7, 11) is -2.22. The predicted molar refractivity (Wildman–Crippen MR) is 135 cm³/mol. The van der Waals surface area contributed by atoms with Crippen LogP contribution in [0.3, 0.4) is 0 Å². The van der Waals surface area contributed by atoms with Crippen molar-refractivity contribution in [2.75, 3.05) is 48.7 Å². The van der Waals surface area contributed by atoms with E-state index in [2.05, 4.69) is 0 Å². The maximum atomic E-state index is 14.1. The van der Waals surface area contributed by atoms with Gasteiger partial charge in [0.05, 0.1) is 16.3 Å². The molecule has 3 aromatic carbocycles. The quantitative estimate of drug-likeness (QED) is 0.473. The predicted octanol–water partition coefficient (Wildman–Crippen LogP) is 4.34. The van der Waals surface area contributed by atoms with E-state index >= 15 is 0 Å². The zero-order valence-corrected chi connectivity index (χ0v) is 20.7. The number of carbonyl (C=O) groups excluding carboxylic acids is 1. The van der Waals surface area contributed by atoms with E-state index in [9.17, 15) is 17.6 Å². The van der Waals surface area contributed by atoms with Crippen LogP contribution in [-0.2, 0) is 10.0 Å². The highest BCUT2D eigenvalue weighted by Gasteiger charge is 2.25. The van der Waals surface area contributed by atoms with Gasteiger partial charge in [-0.05, 0) is 66.9 Å². The van der Waals surface area contributed by atoms with Crippen molar-refractivity contribution in [1.29, 1.82) is 0 Å². The van der Waals surface area contributed by atoms with Gasteiger partial charge in [-0.2, -0.15) is 0 Å². The van der Waals surface area contributed by atoms with Crippen molar-refractivity contribution in [3.05, 3.63) is 84.2 Å². The molecule has 1 fully saturated rings. The van der Waals surface area contributed by atoms with E-state index in [1.54, 1.807) is 83.4 Å². The second-order valence-corrected chi connectivity index (χ2v) is 10.8. The smallest absolute Gasteiger partial charge is 0.264 e. The number of para-hydroxylation sites is 1. The molecule has 34 heavy (non-hydrogen) atoms. The number of anilines is 2. The molecule has 178 valence electrons. The molecule has 0 spiro atoms. The molecular weight excluding hydrogens is 473 g/mol. The summed E-state index contributed by atoms with van der Waals surface area (Å²) in [6, 6.07) is 19.9. The van der Waals surface area contributed by atoms with Gasteiger partial charge in [0.15, 0.2) is 0 Å². The molecule has 4 rings (SSSR count).